The lowest BCUT2D eigenvalue weighted by Crippen LogP contribution is -2.55. The van der Waals surface area contributed by atoms with Gasteiger partial charge in [-0.25, -0.2) is 0 Å². The van der Waals surface area contributed by atoms with Crippen molar-refractivity contribution in [1.29, 1.82) is 0 Å². The molecule has 2 rings (SSSR count). The molecule has 0 aromatic heterocycles. The molecule has 1 amide bonds. The SMILES string of the molecule is CCC(C)(NC(=O)C1CCOc2ccccc21)C(N)=S. The lowest BCUT2D eigenvalue weighted by molar-refractivity contribution is -0.124. The third-order valence-electron chi connectivity index (χ3n) is 3.93. The molecule has 2 unspecified atom stereocenters. The molecule has 0 spiro atoms. The molecule has 108 valence electrons. The molecule has 0 saturated carbocycles. The highest BCUT2D eigenvalue weighted by atomic mass is 32.1. The average molecular weight is 292 g/mol. The van der Waals surface area contributed by atoms with E-state index in [0.29, 0.717) is 24.4 Å². The van der Waals surface area contributed by atoms with Gasteiger partial charge >= 0.3 is 0 Å². The summed E-state index contributed by atoms with van der Waals surface area (Å²) in [4.78, 5) is 12.9. The maximum Gasteiger partial charge on any atom is 0.228 e. The fourth-order valence-electron chi connectivity index (χ4n) is 2.30. The molecule has 0 fully saturated rings. The summed E-state index contributed by atoms with van der Waals surface area (Å²) in [5.41, 5.74) is 6.04. The van der Waals surface area contributed by atoms with Crippen LogP contribution in [-0.4, -0.2) is 23.0 Å². The van der Waals surface area contributed by atoms with Crippen LogP contribution in [0.3, 0.4) is 0 Å². The monoisotopic (exact) mass is 292 g/mol. The second-order valence-corrected chi connectivity index (χ2v) is 5.71. The number of rotatable bonds is 4. The highest BCUT2D eigenvalue weighted by Gasteiger charge is 2.33. The number of carbonyl (C=O) groups excluding carboxylic acids is 1. The van der Waals surface area contributed by atoms with Crippen molar-refractivity contribution in [3.05, 3.63) is 29.8 Å². The molecule has 0 radical (unpaired) electrons. The van der Waals surface area contributed by atoms with Gasteiger partial charge in [0.05, 0.1) is 23.1 Å². The zero-order valence-electron chi connectivity index (χ0n) is 11.8. The number of carbonyl (C=O) groups is 1. The van der Waals surface area contributed by atoms with Crippen LogP contribution in [-0.2, 0) is 4.79 Å². The molecule has 3 N–H and O–H groups in total. The van der Waals surface area contributed by atoms with Crippen LogP contribution in [0.1, 0.15) is 38.2 Å². The number of para-hydroxylation sites is 1. The Morgan fingerprint density at radius 2 is 2.25 bits per heavy atom. The van der Waals surface area contributed by atoms with Crippen molar-refractivity contribution >= 4 is 23.1 Å². The second-order valence-electron chi connectivity index (χ2n) is 5.27. The minimum atomic E-state index is -0.639. The summed E-state index contributed by atoms with van der Waals surface area (Å²) in [6, 6.07) is 7.65. The van der Waals surface area contributed by atoms with Gasteiger partial charge in [-0.3, -0.25) is 4.79 Å². The number of hydrogen-bond donors (Lipinski definition) is 2. The summed E-state index contributed by atoms with van der Waals surface area (Å²) >= 11 is 5.07. The number of hydrogen-bond acceptors (Lipinski definition) is 3. The Bertz CT molecular complexity index is 532. The van der Waals surface area contributed by atoms with Crippen LogP contribution in [0, 0.1) is 0 Å². The second kappa shape index (κ2) is 5.79. The van der Waals surface area contributed by atoms with Crippen molar-refractivity contribution in [2.45, 2.75) is 38.1 Å². The molecule has 1 aliphatic heterocycles. The maximum absolute atomic E-state index is 12.6. The van der Waals surface area contributed by atoms with Crippen LogP contribution in [0.15, 0.2) is 24.3 Å². The van der Waals surface area contributed by atoms with Gasteiger partial charge in [-0.1, -0.05) is 37.3 Å². The Hall–Kier alpha value is -1.62. The quantitative estimate of drug-likeness (QED) is 0.834. The molecular formula is C15H20N2O2S. The number of fused-ring (bicyclic) bond motifs is 1. The fraction of sp³-hybridized carbons (Fsp3) is 0.467. The predicted octanol–water partition coefficient (Wildman–Crippen LogP) is 2.12. The number of nitrogens with two attached hydrogens (primary N) is 1. The van der Waals surface area contributed by atoms with Crippen LogP contribution in [0.4, 0.5) is 0 Å². The van der Waals surface area contributed by atoms with E-state index in [9.17, 15) is 4.79 Å². The maximum atomic E-state index is 12.6. The van der Waals surface area contributed by atoms with Gasteiger partial charge in [-0.15, -0.1) is 0 Å². The van der Waals surface area contributed by atoms with Gasteiger partial charge in [0.15, 0.2) is 0 Å². The number of thiocarbonyl (C=S) groups is 1. The van der Waals surface area contributed by atoms with Crippen LogP contribution in [0.2, 0.25) is 0 Å². The number of amides is 1. The van der Waals surface area contributed by atoms with Crippen molar-refractivity contribution < 1.29 is 9.53 Å². The fourth-order valence-corrected chi connectivity index (χ4v) is 2.49. The van der Waals surface area contributed by atoms with Gasteiger partial charge < -0.3 is 15.8 Å². The van der Waals surface area contributed by atoms with Crippen LogP contribution >= 0.6 is 12.2 Å². The molecule has 0 aliphatic carbocycles. The zero-order chi connectivity index (χ0) is 14.8. The van der Waals surface area contributed by atoms with Crippen molar-refractivity contribution in [3.8, 4) is 5.75 Å². The third kappa shape index (κ3) is 2.77. The number of ether oxygens (including phenoxy) is 1. The first-order chi connectivity index (χ1) is 9.48. The van der Waals surface area contributed by atoms with Gasteiger partial charge in [0.2, 0.25) is 5.91 Å². The highest BCUT2D eigenvalue weighted by molar-refractivity contribution is 7.80. The van der Waals surface area contributed by atoms with Gasteiger partial charge in [0.25, 0.3) is 0 Å². The Kier molecular flexibility index (Phi) is 4.28. The predicted molar refractivity (Wildman–Crippen MR) is 82.9 cm³/mol. The lowest BCUT2D eigenvalue weighted by atomic mass is 9.90. The highest BCUT2D eigenvalue weighted by Crippen LogP contribution is 2.33. The van der Waals surface area contributed by atoms with E-state index >= 15 is 0 Å². The van der Waals surface area contributed by atoms with E-state index in [4.69, 9.17) is 22.7 Å². The molecule has 0 bridgehead atoms. The molecule has 1 heterocycles. The number of benzene rings is 1. The summed E-state index contributed by atoms with van der Waals surface area (Å²) in [6.45, 7) is 4.36. The normalized spacial score (nSPS) is 20.2. The largest absolute Gasteiger partial charge is 0.493 e. The molecule has 1 aromatic carbocycles. The van der Waals surface area contributed by atoms with Gasteiger partial charge in [-0.05, 0) is 25.8 Å². The summed E-state index contributed by atoms with van der Waals surface area (Å²) in [5, 5.41) is 2.99. The molecule has 2 atom stereocenters. The molecule has 20 heavy (non-hydrogen) atoms. The van der Waals surface area contributed by atoms with Crippen molar-refractivity contribution in [3.63, 3.8) is 0 Å². The van der Waals surface area contributed by atoms with E-state index < -0.39 is 5.54 Å². The molecule has 1 aromatic rings. The Morgan fingerprint density at radius 1 is 1.55 bits per heavy atom. The van der Waals surface area contributed by atoms with Gasteiger partial charge in [-0.2, -0.15) is 0 Å². The van der Waals surface area contributed by atoms with Crippen LogP contribution in [0.5, 0.6) is 5.75 Å². The van der Waals surface area contributed by atoms with Gasteiger partial charge in [0, 0.05) is 5.56 Å². The summed E-state index contributed by atoms with van der Waals surface area (Å²) in [5.74, 6) is 0.533. The summed E-state index contributed by atoms with van der Waals surface area (Å²) in [6.07, 6.45) is 1.33. The van der Waals surface area contributed by atoms with Crippen LogP contribution in [0.25, 0.3) is 0 Å². The van der Waals surface area contributed by atoms with E-state index in [1.165, 1.54) is 0 Å². The Balaban J connectivity index is 2.21. The summed E-state index contributed by atoms with van der Waals surface area (Å²) in [7, 11) is 0. The molecule has 0 saturated heterocycles. The van der Waals surface area contributed by atoms with E-state index in [2.05, 4.69) is 5.32 Å². The Labute approximate surface area is 124 Å². The van der Waals surface area contributed by atoms with Crippen molar-refractivity contribution in [2.75, 3.05) is 6.61 Å². The topological polar surface area (TPSA) is 64.3 Å². The summed E-state index contributed by atoms with van der Waals surface area (Å²) < 4.78 is 5.58. The van der Waals surface area contributed by atoms with E-state index in [-0.39, 0.29) is 11.8 Å². The average Bonchev–Trinajstić information content (AvgIpc) is 2.46. The first-order valence-corrected chi connectivity index (χ1v) is 7.22. The first-order valence-electron chi connectivity index (χ1n) is 6.81. The third-order valence-corrected chi connectivity index (χ3v) is 4.38. The van der Waals surface area contributed by atoms with Crippen molar-refractivity contribution in [1.82, 2.24) is 5.32 Å². The Morgan fingerprint density at radius 3 is 2.90 bits per heavy atom. The smallest absolute Gasteiger partial charge is 0.228 e. The zero-order valence-corrected chi connectivity index (χ0v) is 12.6. The van der Waals surface area contributed by atoms with Crippen molar-refractivity contribution in [2.24, 2.45) is 5.73 Å². The van der Waals surface area contributed by atoms with E-state index in [1.807, 2.05) is 38.1 Å². The lowest BCUT2D eigenvalue weighted by Gasteiger charge is -2.32. The minimum Gasteiger partial charge on any atom is -0.493 e. The molecule has 5 heteroatoms. The number of nitrogens with one attached hydrogen (secondary N) is 1. The molecule has 1 aliphatic rings. The standard InChI is InChI=1S/C15H20N2O2S/c1-3-15(2,14(16)20)17-13(18)11-8-9-19-12-7-5-4-6-10(11)12/h4-7,11H,3,8-9H2,1-2H3,(H2,16,20)(H,17,18). The van der Waals surface area contributed by atoms with E-state index in [0.717, 1.165) is 11.3 Å². The molecule has 4 nitrogen and oxygen atoms in total. The first kappa shape index (κ1) is 14.8. The van der Waals surface area contributed by atoms with Crippen LogP contribution < -0.4 is 15.8 Å². The van der Waals surface area contributed by atoms with E-state index in [1.54, 1.807) is 0 Å². The molecular weight excluding hydrogens is 272 g/mol. The minimum absolute atomic E-state index is 0.0436. The van der Waals surface area contributed by atoms with Gasteiger partial charge in [0.1, 0.15) is 5.75 Å².